The zero-order chi connectivity index (χ0) is 31.4. The van der Waals surface area contributed by atoms with Crippen LogP contribution in [0, 0.1) is 0 Å². The van der Waals surface area contributed by atoms with E-state index in [0.717, 1.165) is 65.8 Å². The van der Waals surface area contributed by atoms with Crippen LogP contribution in [0.5, 0.6) is 0 Å². The summed E-state index contributed by atoms with van der Waals surface area (Å²) in [5, 5.41) is 6.08. The molecule has 9 aromatic rings. The Bertz CT molecular complexity index is 2580. The first kappa shape index (κ1) is 27.5. The molecule has 0 unspecified atom stereocenters. The van der Waals surface area contributed by atoms with Gasteiger partial charge in [0.05, 0.1) is 16.6 Å². The molecule has 3 nitrogen and oxygen atoms in total. The van der Waals surface area contributed by atoms with Crippen LogP contribution in [0.4, 0.5) is 0 Å². The fraction of sp³-hybridized carbons (Fsp3) is 0. The van der Waals surface area contributed by atoms with Gasteiger partial charge in [0.15, 0.2) is 7.14 Å². The molecule has 47 heavy (non-hydrogen) atoms. The highest BCUT2D eigenvalue weighted by atomic mass is 31.2. The Labute approximate surface area is 272 Å². The number of fused-ring (bicyclic) bond motifs is 8. The van der Waals surface area contributed by atoms with Crippen LogP contribution < -0.4 is 15.9 Å². The summed E-state index contributed by atoms with van der Waals surface area (Å²) in [5.41, 5.74) is 8.73. The van der Waals surface area contributed by atoms with Crippen LogP contribution in [0.15, 0.2) is 176 Å². The van der Waals surface area contributed by atoms with Crippen molar-refractivity contribution in [2.45, 2.75) is 0 Å². The third-order valence-corrected chi connectivity index (χ3v) is 12.4. The molecule has 0 radical (unpaired) electrons. The lowest BCUT2D eigenvalue weighted by molar-refractivity contribution is 0.592. The van der Waals surface area contributed by atoms with Gasteiger partial charge in [-0.1, -0.05) is 158 Å². The third-order valence-electron chi connectivity index (χ3n) is 9.28. The maximum Gasteiger partial charge on any atom is 0.171 e. The van der Waals surface area contributed by atoms with Crippen LogP contribution >= 0.6 is 7.14 Å². The lowest BCUT2D eigenvalue weighted by atomic mass is 9.98. The monoisotopic (exact) mass is 620 g/mol. The highest BCUT2D eigenvalue weighted by molar-refractivity contribution is 7.85. The predicted molar refractivity (Wildman–Crippen MR) is 198 cm³/mol. The normalized spacial score (nSPS) is 11.9. The van der Waals surface area contributed by atoms with E-state index >= 15 is 0 Å². The van der Waals surface area contributed by atoms with Gasteiger partial charge in [-0.15, -0.1) is 0 Å². The van der Waals surface area contributed by atoms with Crippen molar-refractivity contribution < 1.29 is 4.57 Å². The van der Waals surface area contributed by atoms with E-state index in [1.165, 1.54) is 10.8 Å². The van der Waals surface area contributed by atoms with Crippen molar-refractivity contribution in [1.82, 2.24) is 9.38 Å². The van der Waals surface area contributed by atoms with Gasteiger partial charge >= 0.3 is 0 Å². The maximum atomic E-state index is 14.8. The van der Waals surface area contributed by atoms with Crippen molar-refractivity contribution in [3.05, 3.63) is 176 Å². The minimum atomic E-state index is -3.01. The van der Waals surface area contributed by atoms with Gasteiger partial charge in [0.2, 0.25) is 0 Å². The average Bonchev–Trinajstić information content (AvgIpc) is 3.56. The Balaban J connectivity index is 1.10. The van der Waals surface area contributed by atoms with Gasteiger partial charge in [-0.2, -0.15) is 0 Å². The number of pyridine rings is 1. The fourth-order valence-electron chi connectivity index (χ4n) is 6.93. The van der Waals surface area contributed by atoms with Crippen LogP contribution in [0.2, 0.25) is 0 Å². The summed E-state index contributed by atoms with van der Waals surface area (Å²) in [5.74, 6) is 0. The third kappa shape index (κ3) is 4.43. The van der Waals surface area contributed by atoms with Crippen molar-refractivity contribution in [2.75, 3.05) is 0 Å². The van der Waals surface area contributed by atoms with Crippen LogP contribution in [0.25, 0.3) is 60.6 Å². The molecule has 7 aromatic carbocycles. The fourth-order valence-corrected chi connectivity index (χ4v) is 9.58. The number of para-hydroxylation sites is 2. The quantitative estimate of drug-likeness (QED) is 0.142. The largest absolute Gasteiger partial charge is 0.309 e. The van der Waals surface area contributed by atoms with E-state index < -0.39 is 7.14 Å². The van der Waals surface area contributed by atoms with Crippen molar-refractivity contribution in [1.29, 1.82) is 0 Å². The second-order valence-electron chi connectivity index (χ2n) is 11.9. The van der Waals surface area contributed by atoms with Gasteiger partial charge in [0.1, 0.15) is 5.65 Å². The molecule has 0 atom stereocenters. The second kappa shape index (κ2) is 10.9. The Morgan fingerprint density at radius 2 is 0.894 bits per heavy atom. The first-order valence-corrected chi connectivity index (χ1v) is 17.5. The summed E-state index contributed by atoms with van der Waals surface area (Å²) >= 11 is 0. The van der Waals surface area contributed by atoms with Crippen molar-refractivity contribution >= 4 is 61.4 Å². The summed E-state index contributed by atoms with van der Waals surface area (Å²) in [6.45, 7) is 0. The van der Waals surface area contributed by atoms with Gasteiger partial charge < -0.3 is 4.57 Å². The molecule has 0 fully saturated rings. The molecule has 2 aromatic heterocycles. The Hall–Kier alpha value is -5.76. The number of aromatic nitrogens is 2. The van der Waals surface area contributed by atoms with E-state index in [-0.39, 0.29) is 0 Å². The van der Waals surface area contributed by atoms with E-state index in [4.69, 9.17) is 4.98 Å². The van der Waals surface area contributed by atoms with E-state index in [9.17, 15) is 4.57 Å². The van der Waals surface area contributed by atoms with E-state index in [1.807, 2.05) is 78.9 Å². The average molecular weight is 621 g/mol. The zero-order valence-corrected chi connectivity index (χ0v) is 26.4. The number of nitrogens with zero attached hydrogens (tertiary/aromatic N) is 2. The van der Waals surface area contributed by atoms with E-state index in [2.05, 4.69) is 101 Å². The summed E-state index contributed by atoms with van der Waals surface area (Å²) in [6.07, 6.45) is 0. The van der Waals surface area contributed by atoms with Crippen LogP contribution in [0.1, 0.15) is 0 Å². The SMILES string of the molecule is O=P(c1ccccc1)(c1ccccc1)c1ccc(-c2ccc(-c3ccc4c5ccccc5c5nc6ccccc6n5c4c3)cc2)cc1. The molecule has 222 valence electrons. The van der Waals surface area contributed by atoms with Gasteiger partial charge in [-0.25, -0.2) is 4.98 Å². The molecular formula is C43H29N2OP. The number of hydrogen-bond donors (Lipinski definition) is 0. The maximum absolute atomic E-state index is 14.8. The Kier molecular flexibility index (Phi) is 6.41. The summed E-state index contributed by atoms with van der Waals surface area (Å²) in [6, 6.07) is 60.2. The molecule has 9 rings (SSSR count). The molecule has 0 N–H and O–H groups in total. The van der Waals surface area contributed by atoms with Crippen LogP contribution in [0.3, 0.4) is 0 Å². The van der Waals surface area contributed by atoms with Crippen molar-refractivity contribution in [3.8, 4) is 22.3 Å². The van der Waals surface area contributed by atoms with Crippen LogP contribution in [-0.4, -0.2) is 9.38 Å². The molecule has 4 heteroatoms. The molecule has 0 saturated carbocycles. The number of rotatable bonds is 5. The molecule has 0 spiro atoms. The van der Waals surface area contributed by atoms with Gasteiger partial charge in [-0.3, -0.25) is 4.40 Å². The van der Waals surface area contributed by atoms with E-state index in [0.29, 0.717) is 0 Å². The van der Waals surface area contributed by atoms with E-state index in [1.54, 1.807) is 0 Å². The molecule has 0 aliphatic carbocycles. The molecule has 0 aliphatic heterocycles. The molecule has 0 amide bonds. The highest BCUT2D eigenvalue weighted by Gasteiger charge is 2.29. The van der Waals surface area contributed by atoms with Crippen LogP contribution in [-0.2, 0) is 4.57 Å². The number of imidazole rings is 1. The predicted octanol–water partition coefficient (Wildman–Crippen LogP) is 9.77. The molecular weight excluding hydrogens is 591 g/mol. The molecule has 0 aliphatic rings. The molecule has 2 heterocycles. The Morgan fingerprint density at radius 1 is 0.404 bits per heavy atom. The molecule has 0 saturated heterocycles. The Morgan fingerprint density at radius 3 is 1.55 bits per heavy atom. The first-order valence-electron chi connectivity index (χ1n) is 15.8. The first-order chi connectivity index (χ1) is 23.2. The smallest absolute Gasteiger partial charge is 0.171 e. The second-order valence-corrected chi connectivity index (χ2v) is 14.7. The zero-order valence-electron chi connectivity index (χ0n) is 25.5. The van der Waals surface area contributed by atoms with Crippen molar-refractivity contribution in [2.24, 2.45) is 0 Å². The van der Waals surface area contributed by atoms with Crippen molar-refractivity contribution in [3.63, 3.8) is 0 Å². The molecule has 0 bridgehead atoms. The lowest BCUT2D eigenvalue weighted by Gasteiger charge is -2.20. The number of hydrogen-bond acceptors (Lipinski definition) is 2. The standard InChI is InChI=1S/C43H29N2OP/c46-47(34-11-3-1-4-12-34,35-13-5-2-6-14-35)36-26-23-31(24-27-36)30-19-21-32(22-20-30)33-25-28-38-37-15-7-8-16-39(37)43-44-40-17-9-10-18-41(40)45(43)42(38)29-33/h1-29H. The van der Waals surface area contributed by atoms with Gasteiger partial charge in [0.25, 0.3) is 0 Å². The topological polar surface area (TPSA) is 34.4 Å². The minimum Gasteiger partial charge on any atom is -0.309 e. The number of benzene rings is 7. The highest BCUT2D eigenvalue weighted by Crippen LogP contribution is 2.42. The summed E-state index contributed by atoms with van der Waals surface area (Å²) in [4.78, 5) is 5.04. The van der Waals surface area contributed by atoms with Gasteiger partial charge in [0, 0.05) is 26.7 Å². The van der Waals surface area contributed by atoms with Gasteiger partial charge in [-0.05, 0) is 45.8 Å². The summed E-state index contributed by atoms with van der Waals surface area (Å²) in [7, 11) is -3.01. The summed E-state index contributed by atoms with van der Waals surface area (Å²) < 4.78 is 17.1. The lowest BCUT2D eigenvalue weighted by Crippen LogP contribution is -2.24. The minimum absolute atomic E-state index is 0.831.